The summed E-state index contributed by atoms with van der Waals surface area (Å²) in [5, 5.41) is 9.60. The first kappa shape index (κ1) is 32.7. The van der Waals surface area contributed by atoms with Crippen LogP contribution in [0.2, 0.25) is 5.02 Å². The van der Waals surface area contributed by atoms with Crippen molar-refractivity contribution in [2.24, 2.45) is 4.99 Å². The van der Waals surface area contributed by atoms with E-state index >= 15 is 0 Å². The molecule has 48 heavy (non-hydrogen) atoms. The fourth-order valence-corrected chi connectivity index (χ4v) is 6.73. The van der Waals surface area contributed by atoms with Crippen molar-refractivity contribution < 1.29 is 14.3 Å². The molecular formula is C39H32ClN3O4S. The molecule has 240 valence electrons. The Kier molecular flexibility index (Phi) is 9.72. The van der Waals surface area contributed by atoms with Crippen LogP contribution < -0.4 is 19.6 Å². The molecule has 0 amide bonds. The maximum atomic E-state index is 14.4. The van der Waals surface area contributed by atoms with E-state index in [1.165, 1.54) is 11.3 Å². The summed E-state index contributed by atoms with van der Waals surface area (Å²) in [5.74, 6) is 0.320. The van der Waals surface area contributed by atoms with Crippen LogP contribution in [-0.2, 0) is 16.1 Å². The van der Waals surface area contributed by atoms with Crippen molar-refractivity contribution in [2.45, 2.75) is 39.3 Å². The third kappa shape index (κ3) is 6.75. The maximum absolute atomic E-state index is 14.4. The van der Waals surface area contributed by atoms with Crippen LogP contribution in [0.3, 0.4) is 0 Å². The molecule has 1 aliphatic heterocycles. The lowest BCUT2D eigenvalue weighted by atomic mass is 9.91. The maximum Gasteiger partial charge on any atom is 0.338 e. The highest BCUT2D eigenvalue weighted by atomic mass is 35.5. The van der Waals surface area contributed by atoms with Crippen molar-refractivity contribution in [1.29, 1.82) is 5.26 Å². The SMILES string of the molecule is CCOC(=O)C1=C(c2ccccc2)N=c2s/c(=C\c3cc(Cl)ccc3OCc3ccc(C#N)cc3)c(=O)n2[C@H]1c1ccc(C(C)C)cc1. The van der Waals surface area contributed by atoms with E-state index in [2.05, 4.69) is 19.9 Å². The molecule has 0 radical (unpaired) electrons. The van der Waals surface area contributed by atoms with E-state index < -0.39 is 12.0 Å². The average molecular weight is 674 g/mol. The van der Waals surface area contributed by atoms with E-state index in [1.807, 2.05) is 66.7 Å². The number of nitriles is 1. The van der Waals surface area contributed by atoms with Crippen molar-refractivity contribution in [3.8, 4) is 11.8 Å². The van der Waals surface area contributed by atoms with E-state index in [4.69, 9.17) is 31.3 Å². The van der Waals surface area contributed by atoms with Gasteiger partial charge in [0.15, 0.2) is 4.80 Å². The summed E-state index contributed by atoms with van der Waals surface area (Å²) < 4.78 is 13.7. The van der Waals surface area contributed by atoms with Gasteiger partial charge in [0.1, 0.15) is 12.4 Å². The first-order valence-corrected chi connectivity index (χ1v) is 16.8. The number of rotatable bonds is 9. The number of ether oxygens (including phenoxy) is 2. The fraction of sp³-hybridized carbons (Fsp3) is 0.179. The van der Waals surface area contributed by atoms with Gasteiger partial charge in [-0.3, -0.25) is 9.36 Å². The van der Waals surface area contributed by atoms with Crippen LogP contribution in [0.15, 0.2) is 112 Å². The zero-order valence-corrected chi connectivity index (χ0v) is 28.2. The molecule has 0 fully saturated rings. The third-order valence-electron chi connectivity index (χ3n) is 8.03. The molecule has 7 nitrogen and oxygen atoms in total. The zero-order valence-electron chi connectivity index (χ0n) is 26.6. The van der Waals surface area contributed by atoms with Crippen LogP contribution in [0.5, 0.6) is 5.75 Å². The number of fused-ring (bicyclic) bond motifs is 1. The molecule has 5 aromatic rings. The summed E-state index contributed by atoms with van der Waals surface area (Å²) in [7, 11) is 0. The summed E-state index contributed by atoms with van der Waals surface area (Å²) in [5.41, 5.74) is 5.20. The molecule has 0 N–H and O–H groups in total. The Bertz CT molecular complexity index is 2230. The number of carbonyl (C=O) groups excluding carboxylic acids is 1. The minimum Gasteiger partial charge on any atom is -0.488 e. The highest BCUT2D eigenvalue weighted by molar-refractivity contribution is 7.07. The zero-order chi connectivity index (χ0) is 33.8. The number of hydrogen-bond donors (Lipinski definition) is 0. The molecule has 4 aromatic carbocycles. The van der Waals surface area contributed by atoms with Gasteiger partial charge in [0.2, 0.25) is 0 Å². The van der Waals surface area contributed by atoms with Gasteiger partial charge in [-0.15, -0.1) is 0 Å². The number of aromatic nitrogens is 1. The normalized spacial score (nSPS) is 14.3. The number of nitrogens with zero attached hydrogens (tertiary/aromatic N) is 3. The van der Waals surface area contributed by atoms with Crippen molar-refractivity contribution in [3.05, 3.63) is 161 Å². The number of esters is 1. The van der Waals surface area contributed by atoms with Crippen LogP contribution in [0, 0.1) is 11.3 Å². The third-order valence-corrected chi connectivity index (χ3v) is 9.25. The van der Waals surface area contributed by atoms with Crippen LogP contribution in [0.1, 0.15) is 66.1 Å². The number of halogens is 1. The molecule has 1 aliphatic rings. The van der Waals surface area contributed by atoms with Gasteiger partial charge in [-0.25, -0.2) is 9.79 Å². The monoisotopic (exact) mass is 673 g/mol. The quantitative estimate of drug-likeness (QED) is 0.155. The molecule has 0 saturated heterocycles. The molecule has 0 aliphatic carbocycles. The Morgan fingerprint density at radius 2 is 1.77 bits per heavy atom. The molecular weight excluding hydrogens is 642 g/mol. The number of benzene rings is 4. The van der Waals surface area contributed by atoms with Gasteiger partial charge in [-0.2, -0.15) is 5.26 Å². The molecule has 0 saturated carbocycles. The van der Waals surface area contributed by atoms with Gasteiger partial charge in [0, 0.05) is 16.1 Å². The molecule has 1 aromatic heterocycles. The Morgan fingerprint density at radius 1 is 1.04 bits per heavy atom. The molecule has 2 heterocycles. The predicted molar refractivity (Wildman–Crippen MR) is 189 cm³/mol. The Morgan fingerprint density at radius 3 is 2.44 bits per heavy atom. The molecule has 9 heteroatoms. The van der Waals surface area contributed by atoms with Gasteiger partial charge in [-0.1, -0.05) is 104 Å². The highest BCUT2D eigenvalue weighted by Gasteiger charge is 2.35. The van der Waals surface area contributed by atoms with Gasteiger partial charge >= 0.3 is 5.97 Å². The summed E-state index contributed by atoms with van der Waals surface area (Å²) in [4.78, 5) is 33.5. The van der Waals surface area contributed by atoms with E-state index in [9.17, 15) is 9.59 Å². The lowest BCUT2D eigenvalue weighted by Crippen LogP contribution is -2.40. The smallest absolute Gasteiger partial charge is 0.338 e. The Hall–Kier alpha value is -5.23. The first-order chi connectivity index (χ1) is 23.3. The van der Waals surface area contributed by atoms with Crippen LogP contribution in [0.4, 0.5) is 0 Å². The number of hydrogen-bond acceptors (Lipinski definition) is 7. The van der Waals surface area contributed by atoms with Crippen molar-refractivity contribution >= 4 is 40.7 Å². The second-order valence-corrected chi connectivity index (χ2v) is 13.0. The average Bonchev–Trinajstić information content (AvgIpc) is 3.41. The molecule has 6 rings (SSSR count). The fourth-order valence-electron chi connectivity index (χ4n) is 5.56. The van der Waals surface area contributed by atoms with Crippen molar-refractivity contribution in [1.82, 2.24) is 4.57 Å². The van der Waals surface area contributed by atoms with E-state index in [0.29, 0.717) is 48.4 Å². The lowest BCUT2D eigenvalue weighted by Gasteiger charge is -2.26. The van der Waals surface area contributed by atoms with Gasteiger partial charge in [0.05, 0.1) is 40.1 Å². The molecule has 0 bridgehead atoms. The molecule has 0 unspecified atom stereocenters. The van der Waals surface area contributed by atoms with E-state index in [1.54, 1.807) is 47.9 Å². The lowest BCUT2D eigenvalue weighted by molar-refractivity contribution is -0.138. The second-order valence-electron chi connectivity index (χ2n) is 11.5. The van der Waals surface area contributed by atoms with Gasteiger partial charge in [0.25, 0.3) is 5.56 Å². The van der Waals surface area contributed by atoms with E-state index in [0.717, 1.165) is 22.3 Å². The van der Waals surface area contributed by atoms with E-state index in [-0.39, 0.29) is 18.8 Å². The van der Waals surface area contributed by atoms with Crippen LogP contribution >= 0.6 is 22.9 Å². The largest absolute Gasteiger partial charge is 0.488 e. The standard InChI is InChI=1S/C39H32ClN3O4S/c1-4-46-38(45)34-35(28-8-6-5-7-9-28)42-39-43(36(34)29-16-14-27(15-17-29)24(2)3)37(44)33(48-39)21-30-20-31(40)18-19-32(30)47-23-26-12-10-25(22-41)11-13-26/h5-21,24,36H,4,23H2,1-3H3/b33-21-/t36-/m0/s1. The Balaban J connectivity index is 1.52. The highest BCUT2D eigenvalue weighted by Crippen LogP contribution is 2.36. The van der Waals surface area contributed by atoms with Gasteiger partial charge in [-0.05, 0) is 65.9 Å². The predicted octanol–water partition coefficient (Wildman–Crippen LogP) is 7.16. The second kappa shape index (κ2) is 14.3. The number of carbonyl (C=O) groups is 1. The summed E-state index contributed by atoms with van der Waals surface area (Å²) >= 11 is 7.66. The summed E-state index contributed by atoms with van der Waals surface area (Å²) in [6, 6.07) is 31.2. The van der Waals surface area contributed by atoms with Crippen LogP contribution in [0.25, 0.3) is 11.8 Å². The van der Waals surface area contributed by atoms with Crippen LogP contribution in [-0.4, -0.2) is 17.1 Å². The minimum atomic E-state index is -0.773. The van der Waals surface area contributed by atoms with Crippen molar-refractivity contribution in [3.63, 3.8) is 0 Å². The topological polar surface area (TPSA) is 93.7 Å². The van der Waals surface area contributed by atoms with Crippen molar-refractivity contribution in [2.75, 3.05) is 6.61 Å². The Labute approximate surface area is 287 Å². The number of thiazole rings is 1. The minimum absolute atomic E-state index is 0.174. The molecule has 0 spiro atoms. The summed E-state index contributed by atoms with van der Waals surface area (Å²) in [6.45, 7) is 6.43. The first-order valence-electron chi connectivity index (χ1n) is 15.6. The van der Waals surface area contributed by atoms with Gasteiger partial charge < -0.3 is 9.47 Å². The molecule has 1 atom stereocenters. The summed E-state index contributed by atoms with van der Waals surface area (Å²) in [6.07, 6.45) is 1.75.